The van der Waals surface area contributed by atoms with Crippen LogP contribution in [0.2, 0.25) is 0 Å². The van der Waals surface area contributed by atoms with E-state index in [4.69, 9.17) is 14.2 Å². The van der Waals surface area contributed by atoms with Gasteiger partial charge in [-0.2, -0.15) is 0 Å². The second-order valence-corrected chi connectivity index (χ2v) is 9.84. The summed E-state index contributed by atoms with van der Waals surface area (Å²) in [6.45, 7) is 2.58. The Morgan fingerprint density at radius 2 is 1.86 bits per heavy atom. The van der Waals surface area contributed by atoms with Gasteiger partial charge in [-0.05, 0) is 53.6 Å². The Kier molecular flexibility index (Phi) is 6.47. The standard InChI is InChI=1S/C25H25N3O6S/c29-24-15-18-14-20(7-8-21(18)27-24)35(30,31)28-19-4-1-3-17(13-19)16-26-9-10-32-22-5-2-6-23-25(22)34-12-11-33-23/h1-8,13-14,26,28H,9-12,15-16H2,(H,27,29). The summed E-state index contributed by atoms with van der Waals surface area (Å²) in [5.74, 6) is 1.82. The monoisotopic (exact) mass is 495 g/mol. The van der Waals surface area contributed by atoms with Gasteiger partial charge in [0.15, 0.2) is 11.5 Å². The van der Waals surface area contributed by atoms with Crippen LogP contribution >= 0.6 is 0 Å². The molecule has 35 heavy (non-hydrogen) atoms. The SMILES string of the molecule is O=C1Cc2cc(S(=O)(=O)Nc3cccc(CNCCOc4cccc5c4OCCO5)c3)ccc2N1. The molecule has 2 aliphatic heterocycles. The van der Waals surface area contributed by atoms with Crippen molar-refractivity contribution in [3.8, 4) is 17.2 Å². The number of sulfonamides is 1. The van der Waals surface area contributed by atoms with Crippen molar-refractivity contribution in [2.45, 2.75) is 17.9 Å². The van der Waals surface area contributed by atoms with E-state index in [-0.39, 0.29) is 17.2 Å². The molecule has 0 saturated heterocycles. The first-order valence-electron chi connectivity index (χ1n) is 11.2. The highest BCUT2D eigenvalue weighted by Crippen LogP contribution is 2.38. The van der Waals surface area contributed by atoms with Gasteiger partial charge in [-0.1, -0.05) is 18.2 Å². The first-order valence-corrected chi connectivity index (χ1v) is 12.7. The summed E-state index contributed by atoms with van der Waals surface area (Å²) in [5.41, 5.74) is 2.71. The predicted molar refractivity (Wildman–Crippen MR) is 131 cm³/mol. The molecule has 0 atom stereocenters. The molecule has 3 aromatic rings. The molecule has 0 radical (unpaired) electrons. The maximum atomic E-state index is 12.9. The van der Waals surface area contributed by atoms with E-state index < -0.39 is 10.0 Å². The molecule has 1 amide bonds. The second-order valence-electron chi connectivity index (χ2n) is 8.16. The van der Waals surface area contributed by atoms with Crippen LogP contribution in [-0.2, 0) is 27.8 Å². The number of hydrogen-bond donors (Lipinski definition) is 3. The lowest BCUT2D eigenvalue weighted by atomic mass is 10.2. The molecule has 10 heteroatoms. The van der Waals surface area contributed by atoms with Crippen molar-refractivity contribution in [3.63, 3.8) is 0 Å². The van der Waals surface area contributed by atoms with Crippen molar-refractivity contribution in [2.75, 3.05) is 36.4 Å². The normalized spacial score (nSPS) is 14.2. The first-order chi connectivity index (χ1) is 17.0. The van der Waals surface area contributed by atoms with Gasteiger partial charge < -0.3 is 24.8 Å². The quantitative estimate of drug-likeness (QED) is 0.391. The van der Waals surface area contributed by atoms with Crippen LogP contribution in [0.25, 0.3) is 0 Å². The zero-order chi connectivity index (χ0) is 24.3. The number of anilines is 2. The number of fused-ring (bicyclic) bond motifs is 2. The van der Waals surface area contributed by atoms with Gasteiger partial charge in [-0.25, -0.2) is 8.42 Å². The van der Waals surface area contributed by atoms with Crippen molar-refractivity contribution < 1.29 is 27.4 Å². The van der Waals surface area contributed by atoms with Crippen molar-refractivity contribution in [1.82, 2.24) is 5.32 Å². The molecule has 0 unspecified atom stereocenters. The summed E-state index contributed by atoms with van der Waals surface area (Å²) < 4.78 is 45.4. The topological polar surface area (TPSA) is 115 Å². The molecule has 0 saturated carbocycles. The van der Waals surface area contributed by atoms with Crippen LogP contribution in [0.3, 0.4) is 0 Å². The highest BCUT2D eigenvalue weighted by Gasteiger charge is 2.22. The smallest absolute Gasteiger partial charge is 0.261 e. The molecule has 0 aliphatic carbocycles. The molecule has 2 heterocycles. The van der Waals surface area contributed by atoms with Gasteiger partial charge >= 0.3 is 0 Å². The maximum Gasteiger partial charge on any atom is 0.261 e. The Balaban J connectivity index is 1.14. The van der Waals surface area contributed by atoms with Crippen LogP contribution in [0.5, 0.6) is 17.2 Å². The third-order valence-corrected chi connectivity index (χ3v) is 6.97. The summed E-state index contributed by atoms with van der Waals surface area (Å²) in [6.07, 6.45) is 0.178. The number of amides is 1. The number of rotatable bonds is 9. The second kappa shape index (κ2) is 9.85. The molecule has 5 rings (SSSR count). The number of nitrogens with one attached hydrogen (secondary N) is 3. The number of carbonyl (C=O) groups excluding carboxylic acids is 1. The van der Waals surface area contributed by atoms with E-state index in [1.807, 2.05) is 24.3 Å². The van der Waals surface area contributed by atoms with Gasteiger partial charge in [0.25, 0.3) is 10.0 Å². The largest absolute Gasteiger partial charge is 0.488 e. The fourth-order valence-corrected chi connectivity index (χ4v) is 5.06. The summed E-state index contributed by atoms with van der Waals surface area (Å²) in [5, 5.41) is 6.00. The van der Waals surface area contributed by atoms with E-state index in [2.05, 4.69) is 15.4 Å². The van der Waals surface area contributed by atoms with E-state index in [1.165, 1.54) is 12.1 Å². The first kappa shape index (κ1) is 23.0. The molecule has 9 nitrogen and oxygen atoms in total. The Labute approximate surface area is 203 Å². The van der Waals surface area contributed by atoms with Crippen molar-refractivity contribution in [3.05, 3.63) is 71.8 Å². The Hall–Kier alpha value is -3.76. The van der Waals surface area contributed by atoms with E-state index in [0.717, 1.165) is 5.56 Å². The Morgan fingerprint density at radius 3 is 2.77 bits per heavy atom. The van der Waals surface area contributed by atoms with Crippen molar-refractivity contribution in [2.24, 2.45) is 0 Å². The number of ether oxygens (including phenoxy) is 3. The molecule has 2 aliphatic rings. The number of hydrogen-bond acceptors (Lipinski definition) is 7. The molecule has 0 aromatic heterocycles. The lowest BCUT2D eigenvalue weighted by Gasteiger charge is -2.20. The van der Waals surface area contributed by atoms with Crippen LogP contribution in [0.15, 0.2) is 65.6 Å². The lowest BCUT2D eigenvalue weighted by molar-refractivity contribution is -0.115. The molecular weight excluding hydrogens is 470 g/mol. The fraction of sp³-hybridized carbons (Fsp3) is 0.240. The average Bonchev–Trinajstić information content (AvgIpc) is 3.23. The zero-order valence-electron chi connectivity index (χ0n) is 18.9. The van der Waals surface area contributed by atoms with Gasteiger partial charge in [0, 0.05) is 24.5 Å². The van der Waals surface area contributed by atoms with Gasteiger partial charge in [0.2, 0.25) is 11.7 Å². The maximum absolute atomic E-state index is 12.9. The summed E-state index contributed by atoms with van der Waals surface area (Å²) in [6, 6.07) is 17.4. The summed E-state index contributed by atoms with van der Waals surface area (Å²) >= 11 is 0. The molecule has 3 aromatic carbocycles. The lowest BCUT2D eigenvalue weighted by Crippen LogP contribution is -2.21. The fourth-order valence-electron chi connectivity index (χ4n) is 3.96. The third-order valence-electron chi connectivity index (χ3n) is 5.59. The molecule has 0 fully saturated rings. The Morgan fingerprint density at radius 1 is 1.00 bits per heavy atom. The molecule has 0 bridgehead atoms. The van der Waals surface area contributed by atoms with Crippen molar-refractivity contribution >= 4 is 27.3 Å². The minimum atomic E-state index is -3.79. The minimum Gasteiger partial charge on any atom is -0.488 e. The van der Waals surface area contributed by atoms with Crippen LogP contribution < -0.4 is 29.6 Å². The van der Waals surface area contributed by atoms with Crippen LogP contribution in [0.4, 0.5) is 11.4 Å². The van der Waals surface area contributed by atoms with Gasteiger partial charge in [-0.15, -0.1) is 0 Å². The number of para-hydroxylation sites is 1. The van der Waals surface area contributed by atoms with Gasteiger partial charge in [-0.3, -0.25) is 9.52 Å². The average molecular weight is 496 g/mol. The minimum absolute atomic E-state index is 0.117. The predicted octanol–water partition coefficient (Wildman–Crippen LogP) is 2.92. The highest BCUT2D eigenvalue weighted by atomic mass is 32.2. The van der Waals surface area contributed by atoms with Gasteiger partial charge in [0.05, 0.1) is 11.3 Å². The highest BCUT2D eigenvalue weighted by molar-refractivity contribution is 7.92. The molecule has 182 valence electrons. The van der Waals surface area contributed by atoms with Crippen LogP contribution in [-0.4, -0.2) is 40.7 Å². The summed E-state index contributed by atoms with van der Waals surface area (Å²) in [4.78, 5) is 11.7. The molecule has 0 spiro atoms. The van der Waals surface area contributed by atoms with E-state index in [1.54, 1.807) is 24.3 Å². The Bertz CT molecular complexity index is 1360. The van der Waals surface area contributed by atoms with E-state index in [9.17, 15) is 13.2 Å². The van der Waals surface area contributed by atoms with Crippen LogP contribution in [0, 0.1) is 0 Å². The van der Waals surface area contributed by atoms with E-state index >= 15 is 0 Å². The molecular formula is C25H25N3O6S. The number of carbonyl (C=O) groups is 1. The van der Waals surface area contributed by atoms with Crippen LogP contribution in [0.1, 0.15) is 11.1 Å². The number of benzene rings is 3. The van der Waals surface area contributed by atoms with Crippen molar-refractivity contribution in [1.29, 1.82) is 0 Å². The zero-order valence-corrected chi connectivity index (χ0v) is 19.7. The third kappa shape index (κ3) is 5.33. The summed E-state index contributed by atoms with van der Waals surface area (Å²) in [7, 11) is -3.79. The van der Waals surface area contributed by atoms with E-state index in [0.29, 0.717) is 67.1 Å². The van der Waals surface area contributed by atoms with Gasteiger partial charge in [0.1, 0.15) is 19.8 Å². The molecule has 3 N–H and O–H groups in total.